The van der Waals surface area contributed by atoms with E-state index in [9.17, 15) is 5.11 Å². The lowest BCUT2D eigenvalue weighted by Crippen LogP contribution is -2.52. The summed E-state index contributed by atoms with van der Waals surface area (Å²) >= 11 is 0. The normalized spacial score (nSPS) is 24.8. The van der Waals surface area contributed by atoms with Crippen molar-refractivity contribution in [3.05, 3.63) is 0 Å². The van der Waals surface area contributed by atoms with Crippen LogP contribution in [0.4, 0.5) is 0 Å². The number of piperazine rings is 1. The summed E-state index contributed by atoms with van der Waals surface area (Å²) in [6.45, 7) is 15.9. The van der Waals surface area contributed by atoms with Crippen molar-refractivity contribution in [2.75, 3.05) is 45.9 Å². The second-order valence-corrected chi connectivity index (χ2v) is 6.20. The van der Waals surface area contributed by atoms with Crippen LogP contribution in [0.5, 0.6) is 0 Å². The Hall–Kier alpha value is -0.160. The van der Waals surface area contributed by atoms with Gasteiger partial charge in [-0.1, -0.05) is 20.8 Å². The Morgan fingerprint density at radius 3 is 2.50 bits per heavy atom. The molecule has 20 heavy (non-hydrogen) atoms. The first-order valence-corrected chi connectivity index (χ1v) is 8.43. The van der Waals surface area contributed by atoms with E-state index in [1.807, 2.05) is 0 Å². The van der Waals surface area contributed by atoms with Crippen LogP contribution in [0.25, 0.3) is 0 Å². The summed E-state index contributed by atoms with van der Waals surface area (Å²) in [6, 6.07) is 0.677. The fraction of sp³-hybridized carbons (Fsp3) is 1.00. The summed E-state index contributed by atoms with van der Waals surface area (Å²) < 4.78 is 0. The van der Waals surface area contributed by atoms with Crippen LogP contribution >= 0.6 is 0 Å². The highest BCUT2D eigenvalue weighted by Gasteiger charge is 2.27. The van der Waals surface area contributed by atoms with Gasteiger partial charge in [0.25, 0.3) is 0 Å². The van der Waals surface area contributed by atoms with Crippen molar-refractivity contribution >= 4 is 0 Å². The van der Waals surface area contributed by atoms with Crippen LogP contribution in [0.3, 0.4) is 0 Å². The highest BCUT2D eigenvalue weighted by molar-refractivity contribution is 4.86. The third-order valence-corrected chi connectivity index (χ3v) is 4.92. The molecule has 0 amide bonds. The third-order valence-electron chi connectivity index (χ3n) is 4.92. The highest BCUT2D eigenvalue weighted by atomic mass is 16.3. The fourth-order valence-electron chi connectivity index (χ4n) is 3.40. The number of aliphatic hydroxyl groups is 1. The molecule has 0 radical (unpaired) electrons. The predicted molar refractivity (Wildman–Crippen MR) is 86.2 cm³/mol. The molecule has 4 heteroatoms. The lowest BCUT2D eigenvalue weighted by Gasteiger charge is -2.40. The van der Waals surface area contributed by atoms with Crippen molar-refractivity contribution in [1.29, 1.82) is 0 Å². The molecule has 1 saturated heterocycles. The van der Waals surface area contributed by atoms with E-state index in [0.29, 0.717) is 6.04 Å². The first-order chi connectivity index (χ1) is 9.60. The van der Waals surface area contributed by atoms with Crippen LogP contribution in [0.1, 0.15) is 47.0 Å². The zero-order valence-electron chi connectivity index (χ0n) is 14.0. The van der Waals surface area contributed by atoms with Gasteiger partial charge in [-0.05, 0) is 45.8 Å². The van der Waals surface area contributed by atoms with Gasteiger partial charge in [0, 0.05) is 31.2 Å². The molecule has 0 bridgehead atoms. The minimum atomic E-state index is -0.0639. The molecule has 120 valence electrons. The topological polar surface area (TPSA) is 38.7 Å². The summed E-state index contributed by atoms with van der Waals surface area (Å²) in [7, 11) is 0. The molecule has 2 N–H and O–H groups in total. The Balaban J connectivity index is 2.33. The molecule has 1 aliphatic heterocycles. The maximum Gasteiger partial charge on any atom is 0.0613 e. The molecule has 0 aliphatic carbocycles. The Morgan fingerprint density at radius 2 is 2.00 bits per heavy atom. The molecule has 0 aromatic carbocycles. The van der Waals surface area contributed by atoms with E-state index in [1.165, 1.54) is 32.6 Å². The second kappa shape index (κ2) is 8.98. The predicted octanol–water partition coefficient (Wildman–Crippen LogP) is 1.54. The van der Waals surface area contributed by atoms with Crippen LogP contribution in [0.2, 0.25) is 0 Å². The molecule has 0 aromatic heterocycles. The lowest BCUT2D eigenvalue weighted by molar-refractivity contribution is 0.0813. The van der Waals surface area contributed by atoms with Gasteiger partial charge in [0.2, 0.25) is 0 Å². The monoisotopic (exact) mass is 285 g/mol. The fourth-order valence-corrected chi connectivity index (χ4v) is 3.40. The molecule has 0 spiro atoms. The highest BCUT2D eigenvalue weighted by Crippen LogP contribution is 2.18. The first-order valence-electron chi connectivity index (χ1n) is 8.43. The van der Waals surface area contributed by atoms with Crippen molar-refractivity contribution in [3.8, 4) is 0 Å². The van der Waals surface area contributed by atoms with Crippen LogP contribution in [0.15, 0.2) is 0 Å². The summed E-state index contributed by atoms with van der Waals surface area (Å²) in [5.74, 6) is 0. The minimum Gasteiger partial charge on any atom is -0.394 e. The number of hydrogen-bond donors (Lipinski definition) is 2. The molecule has 2 atom stereocenters. The van der Waals surface area contributed by atoms with Gasteiger partial charge in [-0.15, -0.1) is 0 Å². The third kappa shape index (κ3) is 4.99. The average Bonchev–Trinajstić information content (AvgIpc) is 2.46. The molecular formula is C16H35N3O. The Morgan fingerprint density at radius 1 is 1.25 bits per heavy atom. The molecule has 2 unspecified atom stereocenters. The van der Waals surface area contributed by atoms with E-state index in [4.69, 9.17) is 0 Å². The number of rotatable bonds is 9. The zero-order chi connectivity index (χ0) is 15.0. The molecule has 0 saturated carbocycles. The van der Waals surface area contributed by atoms with Crippen molar-refractivity contribution in [1.82, 2.24) is 15.1 Å². The van der Waals surface area contributed by atoms with Gasteiger partial charge in [-0.3, -0.25) is 4.90 Å². The van der Waals surface area contributed by atoms with E-state index < -0.39 is 0 Å². The molecule has 4 nitrogen and oxygen atoms in total. The largest absolute Gasteiger partial charge is 0.394 e. The first kappa shape index (κ1) is 17.9. The summed E-state index contributed by atoms with van der Waals surface area (Å²) in [4.78, 5) is 5.14. The number of nitrogens with one attached hydrogen (secondary N) is 1. The number of hydrogen-bond acceptors (Lipinski definition) is 4. The van der Waals surface area contributed by atoms with E-state index in [1.54, 1.807) is 0 Å². The van der Waals surface area contributed by atoms with Gasteiger partial charge < -0.3 is 15.3 Å². The van der Waals surface area contributed by atoms with Crippen LogP contribution < -0.4 is 5.32 Å². The smallest absolute Gasteiger partial charge is 0.0613 e. The number of nitrogens with zero attached hydrogens (tertiary/aromatic N) is 2. The average molecular weight is 285 g/mol. The minimum absolute atomic E-state index is 0.0639. The van der Waals surface area contributed by atoms with Crippen molar-refractivity contribution < 1.29 is 5.11 Å². The van der Waals surface area contributed by atoms with Crippen molar-refractivity contribution in [2.45, 2.75) is 58.5 Å². The Kier molecular flexibility index (Phi) is 8.03. The quantitative estimate of drug-likeness (QED) is 0.674. The Bertz CT molecular complexity index is 256. The summed E-state index contributed by atoms with van der Waals surface area (Å²) in [5.41, 5.74) is -0.0639. The van der Waals surface area contributed by atoms with Gasteiger partial charge in [-0.25, -0.2) is 0 Å². The Labute approximate surface area is 125 Å². The maximum atomic E-state index is 9.67. The molecular weight excluding hydrogens is 250 g/mol. The molecule has 1 rings (SSSR count). The van der Waals surface area contributed by atoms with Crippen LogP contribution in [-0.4, -0.2) is 72.4 Å². The van der Waals surface area contributed by atoms with E-state index in [0.717, 1.165) is 25.9 Å². The zero-order valence-corrected chi connectivity index (χ0v) is 14.0. The van der Waals surface area contributed by atoms with Gasteiger partial charge in [0.1, 0.15) is 0 Å². The van der Waals surface area contributed by atoms with Crippen molar-refractivity contribution in [2.24, 2.45) is 0 Å². The number of aliphatic hydroxyl groups excluding tert-OH is 1. The molecule has 1 heterocycles. The van der Waals surface area contributed by atoms with E-state index in [2.05, 4.69) is 42.8 Å². The summed E-state index contributed by atoms with van der Waals surface area (Å²) in [6.07, 6.45) is 3.23. The SMILES string of the molecule is CCNC(CC)(CO)CCCN1CCN(CC)C(C)C1. The molecule has 1 fully saturated rings. The van der Waals surface area contributed by atoms with E-state index in [-0.39, 0.29) is 12.1 Å². The van der Waals surface area contributed by atoms with Gasteiger partial charge >= 0.3 is 0 Å². The second-order valence-electron chi connectivity index (χ2n) is 6.20. The maximum absolute atomic E-state index is 9.67. The molecule has 0 aromatic rings. The lowest BCUT2D eigenvalue weighted by atomic mass is 9.91. The van der Waals surface area contributed by atoms with E-state index >= 15 is 0 Å². The summed E-state index contributed by atoms with van der Waals surface area (Å²) in [5, 5.41) is 13.2. The molecule has 1 aliphatic rings. The van der Waals surface area contributed by atoms with Gasteiger partial charge in [-0.2, -0.15) is 0 Å². The van der Waals surface area contributed by atoms with Gasteiger partial charge in [0.15, 0.2) is 0 Å². The standard InChI is InChI=1S/C16H35N3O/c1-5-16(14-20,17-6-2)9-8-10-18-11-12-19(7-3)15(4)13-18/h15,17,20H,5-14H2,1-4H3. The van der Waals surface area contributed by atoms with Crippen LogP contribution in [-0.2, 0) is 0 Å². The van der Waals surface area contributed by atoms with Crippen LogP contribution in [0, 0.1) is 0 Å². The number of likely N-dealkylation sites (N-methyl/N-ethyl adjacent to an activating group) is 2. The van der Waals surface area contributed by atoms with Crippen molar-refractivity contribution in [3.63, 3.8) is 0 Å². The van der Waals surface area contributed by atoms with Gasteiger partial charge in [0.05, 0.1) is 6.61 Å².